The fraction of sp³-hybridized carbons (Fsp3) is 0.625. The van der Waals surface area contributed by atoms with Crippen molar-refractivity contribution in [3.05, 3.63) is 29.6 Å². The monoisotopic (exact) mass is 264 g/mol. The van der Waals surface area contributed by atoms with Crippen LogP contribution in [-0.4, -0.2) is 19.1 Å². The average Bonchev–Trinajstić information content (AvgIpc) is 3.20. The van der Waals surface area contributed by atoms with Crippen LogP contribution in [0.1, 0.15) is 45.1 Å². The molecule has 2 rings (SSSR count). The molecular formula is C16H25FN2. The summed E-state index contributed by atoms with van der Waals surface area (Å²) in [5.74, 6) is -0.111. The van der Waals surface area contributed by atoms with Gasteiger partial charge in [-0.1, -0.05) is 25.5 Å². The molecule has 0 spiro atoms. The van der Waals surface area contributed by atoms with E-state index in [4.69, 9.17) is 0 Å². The maximum absolute atomic E-state index is 14.2. The van der Waals surface area contributed by atoms with E-state index in [1.807, 2.05) is 13.1 Å². The van der Waals surface area contributed by atoms with Gasteiger partial charge in [-0.25, -0.2) is 4.39 Å². The summed E-state index contributed by atoms with van der Waals surface area (Å²) in [6.07, 6.45) is 4.72. The number of hydrogen-bond donors (Lipinski definition) is 1. The quantitative estimate of drug-likeness (QED) is 0.807. The van der Waals surface area contributed by atoms with Crippen LogP contribution in [0.5, 0.6) is 0 Å². The number of halogens is 1. The number of rotatable bonds is 7. The van der Waals surface area contributed by atoms with Crippen molar-refractivity contribution in [2.24, 2.45) is 0 Å². The van der Waals surface area contributed by atoms with Gasteiger partial charge in [0.2, 0.25) is 0 Å². The average molecular weight is 264 g/mol. The first-order valence-electron chi connectivity index (χ1n) is 7.37. The Hall–Kier alpha value is -1.09. The van der Waals surface area contributed by atoms with Crippen LogP contribution in [0, 0.1) is 5.82 Å². The maximum Gasteiger partial charge on any atom is 0.146 e. The lowest BCUT2D eigenvalue weighted by Crippen LogP contribution is -2.31. The molecule has 0 aliphatic heterocycles. The Bertz CT molecular complexity index is 415. The molecule has 3 heteroatoms. The highest BCUT2D eigenvalue weighted by Gasteiger charge is 2.22. The largest absolute Gasteiger partial charge is 0.369 e. The number of benzene rings is 1. The predicted octanol–water partition coefficient (Wildman–Crippen LogP) is 3.70. The number of para-hydroxylation sites is 1. The third-order valence-electron chi connectivity index (χ3n) is 3.95. The molecule has 1 aliphatic rings. The number of nitrogens with zero attached hydrogens (tertiary/aromatic N) is 1. The van der Waals surface area contributed by atoms with E-state index in [0.717, 1.165) is 30.6 Å². The molecule has 2 nitrogen and oxygen atoms in total. The van der Waals surface area contributed by atoms with E-state index in [2.05, 4.69) is 24.1 Å². The van der Waals surface area contributed by atoms with Gasteiger partial charge in [0.25, 0.3) is 0 Å². The minimum absolute atomic E-state index is 0.111. The predicted molar refractivity (Wildman–Crippen MR) is 79.0 cm³/mol. The molecular weight excluding hydrogens is 239 g/mol. The van der Waals surface area contributed by atoms with Crippen molar-refractivity contribution in [1.29, 1.82) is 0 Å². The van der Waals surface area contributed by atoms with Crippen LogP contribution >= 0.6 is 0 Å². The third-order valence-corrected chi connectivity index (χ3v) is 3.95. The Balaban J connectivity index is 2.15. The summed E-state index contributed by atoms with van der Waals surface area (Å²) in [6, 6.07) is 6.41. The zero-order valence-electron chi connectivity index (χ0n) is 12.2. The van der Waals surface area contributed by atoms with Crippen LogP contribution in [0.2, 0.25) is 0 Å². The van der Waals surface area contributed by atoms with Gasteiger partial charge < -0.3 is 10.2 Å². The topological polar surface area (TPSA) is 15.3 Å². The van der Waals surface area contributed by atoms with Gasteiger partial charge in [-0.2, -0.15) is 0 Å². The molecule has 106 valence electrons. The molecule has 0 bridgehead atoms. The van der Waals surface area contributed by atoms with Crippen molar-refractivity contribution in [3.8, 4) is 0 Å². The van der Waals surface area contributed by atoms with E-state index in [9.17, 15) is 4.39 Å². The van der Waals surface area contributed by atoms with Crippen LogP contribution in [0.3, 0.4) is 0 Å². The maximum atomic E-state index is 14.2. The van der Waals surface area contributed by atoms with Crippen molar-refractivity contribution < 1.29 is 4.39 Å². The fourth-order valence-corrected chi connectivity index (χ4v) is 2.47. The molecule has 1 aromatic rings. The summed E-state index contributed by atoms with van der Waals surface area (Å²) < 4.78 is 14.2. The molecule has 1 aromatic carbocycles. The summed E-state index contributed by atoms with van der Waals surface area (Å²) in [5.41, 5.74) is 1.83. The highest BCUT2D eigenvalue weighted by molar-refractivity contribution is 5.55. The van der Waals surface area contributed by atoms with Crippen molar-refractivity contribution >= 4 is 5.69 Å². The molecule has 0 heterocycles. The highest BCUT2D eigenvalue weighted by Crippen LogP contribution is 2.27. The number of hydrogen-bond acceptors (Lipinski definition) is 2. The smallest absolute Gasteiger partial charge is 0.146 e. The first-order chi connectivity index (χ1) is 9.13. The minimum atomic E-state index is -0.111. The fourth-order valence-electron chi connectivity index (χ4n) is 2.47. The molecule has 1 unspecified atom stereocenters. The van der Waals surface area contributed by atoms with Crippen molar-refractivity contribution in [1.82, 2.24) is 5.32 Å². The Kier molecular flexibility index (Phi) is 4.81. The molecule has 1 fully saturated rings. The highest BCUT2D eigenvalue weighted by atomic mass is 19.1. The zero-order chi connectivity index (χ0) is 13.8. The number of nitrogens with one attached hydrogen (secondary N) is 1. The molecule has 0 radical (unpaired) electrons. The van der Waals surface area contributed by atoms with E-state index >= 15 is 0 Å². The zero-order valence-corrected chi connectivity index (χ0v) is 12.2. The van der Waals surface area contributed by atoms with Crippen LogP contribution in [0.25, 0.3) is 0 Å². The Morgan fingerprint density at radius 1 is 1.42 bits per heavy atom. The number of anilines is 1. The van der Waals surface area contributed by atoms with Crippen molar-refractivity contribution in [3.63, 3.8) is 0 Å². The van der Waals surface area contributed by atoms with Gasteiger partial charge in [0.05, 0.1) is 5.69 Å². The molecule has 0 amide bonds. The lowest BCUT2D eigenvalue weighted by molar-refractivity contribution is 0.575. The van der Waals surface area contributed by atoms with Crippen LogP contribution in [0.4, 0.5) is 10.1 Å². The van der Waals surface area contributed by atoms with Gasteiger partial charge in [0, 0.05) is 25.7 Å². The van der Waals surface area contributed by atoms with E-state index in [1.54, 1.807) is 12.1 Å². The van der Waals surface area contributed by atoms with E-state index in [0.29, 0.717) is 12.1 Å². The summed E-state index contributed by atoms with van der Waals surface area (Å²) in [5, 5.41) is 3.47. The molecule has 19 heavy (non-hydrogen) atoms. The molecule has 1 aliphatic carbocycles. The van der Waals surface area contributed by atoms with Crippen LogP contribution < -0.4 is 10.2 Å². The van der Waals surface area contributed by atoms with Gasteiger partial charge in [-0.05, 0) is 37.8 Å². The molecule has 1 N–H and O–H groups in total. The Morgan fingerprint density at radius 3 is 2.79 bits per heavy atom. The molecule has 1 atom stereocenters. The second-order valence-corrected chi connectivity index (χ2v) is 5.65. The van der Waals surface area contributed by atoms with Crippen molar-refractivity contribution in [2.75, 3.05) is 11.9 Å². The molecule has 0 aromatic heterocycles. The molecule has 0 saturated heterocycles. The van der Waals surface area contributed by atoms with Gasteiger partial charge in [0.1, 0.15) is 5.82 Å². The third kappa shape index (κ3) is 3.69. The van der Waals surface area contributed by atoms with Gasteiger partial charge in [0.15, 0.2) is 0 Å². The van der Waals surface area contributed by atoms with Gasteiger partial charge in [-0.15, -0.1) is 0 Å². The standard InChI is InChI=1S/C16H25FN2/c1-4-6-12(2)19(3)16-13(7-5-8-15(16)17)11-18-14-9-10-14/h5,7-8,12,14,18H,4,6,9-11H2,1-3H3. The lowest BCUT2D eigenvalue weighted by atomic mass is 10.1. The first-order valence-corrected chi connectivity index (χ1v) is 7.37. The SMILES string of the molecule is CCCC(C)N(C)c1c(F)cccc1CNC1CC1. The summed E-state index contributed by atoms with van der Waals surface area (Å²) >= 11 is 0. The normalized spacial score (nSPS) is 16.4. The lowest BCUT2D eigenvalue weighted by Gasteiger charge is -2.29. The summed E-state index contributed by atoms with van der Waals surface area (Å²) in [7, 11) is 2.00. The summed E-state index contributed by atoms with van der Waals surface area (Å²) in [6.45, 7) is 5.09. The Morgan fingerprint density at radius 2 is 2.16 bits per heavy atom. The van der Waals surface area contributed by atoms with E-state index in [1.165, 1.54) is 12.8 Å². The van der Waals surface area contributed by atoms with E-state index < -0.39 is 0 Å². The van der Waals surface area contributed by atoms with Gasteiger partial charge in [-0.3, -0.25) is 0 Å². The summed E-state index contributed by atoms with van der Waals surface area (Å²) in [4.78, 5) is 2.09. The van der Waals surface area contributed by atoms with Crippen LogP contribution in [0.15, 0.2) is 18.2 Å². The van der Waals surface area contributed by atoms with Gasteiger partial charge >= 0.3 is 0 Å². The van der Waals surface area contributed by atoms with Crippen molar-refractivity contribution in [2.45, 2.75) is 58.2 Å². The second-order valence-electron chi connectivity index (χ2n) is 5.65. The van der Waals surface area contributed by atoms with Crippen LogP contribution in [-0.2, 0) is 6.54 Å². The first kappa shape index (κ1) is 14.3. The Labute approximate surface area is 116 Å². The minimum Gasteiger partial charge on any atom is -0.369 e. The second kappa shape index (κ2) is 6.38. The van der Waals surface area contributed by atoms with E-state index in [-0.39, 0.29) is 5.82 Å². The molecule has 1 saturated carbocycles.